The van der Waals surface area contributed by atoms with Crippen molar-refractivity contribution >= 4 is 22.1 Å². The van der Waals surface area contributed by atoms with Crippen molar-refractivity contribution in [1.82, 2.24) is 9.13 Å². The molecule has 27 rings (SSSR count). The van der Waals surface area contributed by atoms with Crippen molar-refractivity contribution in [3.63, 3.8) is 0 Å². The highest BCUT2D eigenvalue weighted by atomic mass is 16.5. The second-order valence-electron chi connectivity index (χ2n) is 22.1. The quantitative estimate of drug-likeness (QED) is 0.159. The van der Waals surface area contributed by atoms with Gasteiger partial charge in [0.1, 0.15) is 34.2 Å². The molecule has 7 aliphatic carbocycles. The van der Waals surface area contributed by atoms with Crippen molar-refractivity contribution in [1.29, 1.82) is 0 Å². The summed E-state index contributed by atoms with van der Waals surface area (Å²) in [6.07, 6.45) is 8.23. The molecule has 0 radical (unpaired) electrons. The highest BCUT2D eigenvalue weighted by molar-refractivity contribution is 5.89. The zero-order valence-corrected chi connectivity index (χ0v) is 45.7. The molecule has 2 aromatic heterocycles. The van der Waals surface area contributed by atoms with Crippen LogP contribution in [0, 0.1) is 0 Å². The van der Waals surface area contributed by atoms with E-state index in [1.165, 1.54) is 33.4 Å². The summed E-state index contributed by atoms with van der Waals surface area (Å²) >= 11 is 0. The number of aromatic nitrogens is 4. The number of aryl methyl sites for hydroxylation is 4. The SMILES string of the molecule is c1ccc(-c2ccc3c(c2)[n+]2cn3-c3cccc(c3)Oc3cccc(c3)-n3c[n+](c4cc(-c5ccccc5)ccc43)-c3c4cccc3-c3ccc(cc3)CCc3ccc(cc3)-c3cccc(c3-2)-c2ccc(cc2)CCc2ccc-4cc2)cc1. The predicted molar refractivity (Wildman–Crippen MR) is 337 cm³/mol. The molecule has 6 aliphatic heterocycles. The van der Waals surface area contributed by atoms with Crippen molar-refractivity contribution in [3.8, 4) is 101 Å². The Balaban J connectivity index is 0.971. The van der Waals surface area contributed by atoms with Crippen LogP contribution in [0.25, 0.3) is 112 Å². The van der Waals surface area contributed by atoms with Gasteiger partial charge in [0.05, 0.1) is 0 Å². The molecule has 8 heterocycles. The Morgan fingerprint density at radius 1 is 0.265 bits per heavy atom. The van der Waals surface area contributed by atoms with Crippen LogP contribution in [0.15, 0.2) is 292 Å². The Morgan fingerprint density at radius 3 is 0.940 bits per heavy atom. The van der Waals surface area contributed by atoms with E-state index in [0.29, 0.717) is 0 Å². The van der Waals surface area contributed by atoms with Crippen LogP contribution in [-0.4, -0.2) is 9.13 Å². The normalized spacial score (nSPS) is 12.5. The number of fused-ring (bicyclic) bond motifs is 2. The van der Waals surface area contributed by atoms with Crippen molar-refractivity contribution in [2.75, 3.05) is 0 Å². The number of hydrogen-bond donors (Lipinski definition) is 0. The molecule has 0 atom stereocenters. The molecule has 0 unspecified atom stereocenters. The zero-order chi connectivity index (χ0) is 54.8. The van der Waals surface area contributed by atoms with Crippen molar-refractivity contribution in [2.24, 2.45) is 0 Å². The first-order valence-electron chi connectivity index (χ1n) is 28.9. The van der Waals surface area contributed by atoms with Crippen LogP contribution < -0.4 is 13.9 Å². The highest BCUT2D eigenvalue weighted by Gasteiger charge is 2.29. The van der Waals surface area contributed by atoms with Crippen LogP contribution in [0.3, 0.4) is 0 Å². The lowest BCUT2D eigenvalue weighted by Crippen LogP contribution is -2.31. The number of hydrogen-bond acceptors (Lipinski definition) is 1. The minimum absolute atomic E-state index is 0.737. The number of benzene rings is 12. The van der Waals surface area contributed by atoms with Gasteiger partial charge in [-0.05, 0) is 153 Å². The minimum Gasteiger partial charge on any atom is -0.457 e. The molecule has 5 heteroatoms. The molecule has 13 aliphatic rings. The molecule has 0 saturated heterocycles. The molecule has 12 aromatic carbocycles. The van der Waals surface area contributed by atoms with Gasteiger partial charge in [0.25, 0.3) is 12.7 Å². The minimum atomic E-state index is 0.737. The van der Waals surface area contributed by atoms with Gasteiger partial charge in [-0.25, -0.2) is 0 Å². The third-order valence-electron chi connectivity index (χ3n) is 17.1. The smallest absolute Gasteiger partial charge is 0.255 e. The molecule has 0 fully saturated rings. The van der Waals surface area contributed by atoms with E-state index in [2.05, 4.69) is 310 Å². The molecule has 83 heavy (non-hydrogen) atoms. The maximum atomic E-state index is 6.98. The molecule has 0 spiro atoms. The molecule has 0 saturated carbocycles. The summed E-state index contributed by atoms with van der Waals surface area (Å²) in [5, 5.41) is 0. The average Bonchev–Trinajstić information content (AvgIpc) is 4.26. The van der Waals surface area contributed by atoms with Gasteiger partial charge in [-0.2, -0.15) is 18.3 Å². The number of nitrogens with zero attached hydrogens (tertiary/aromatic N) is 4. The fraction of sp³-hybridized carbons (Fsp3) is 0.0513. The summed E-state index contributed by atoms with van der Waals surface area (Å²) in [5.41, 5.74) is 27.7. The Morgan fingerprint density at radius 2 is 0.590 bits per heavy atom. The second-order valence-corrected chi connectivity index (χ2v) is 22.1. The van der Waals surface area contributed by atoms with Gasteiger partial charge in [-0.3, -0.25) is 0 Å². The van der Waals surface area contributed by atoms with Gasteiger partial charge >= 0.3 is 0 Å². The standard InChI is InChI=1S/C78H56N4O/c1-3-11-57(12-4-1)63-43-45-73-75(47-63)81-51-79(73)65-15-7-17-67(49-65)83-68-18-8-16-66(50-68)80-52-82(76-48-64(44-46-74(76)80)58-13-5-2-6-14-58)78-71-21-10-22-72(78)62-41-33-56(34-42-62)26-24-54-29-37-60(38-30-54)70-20-9-19-69(77(70)81)59-35-27-53(28-36-59)23-25-55-31-39-61(71)40-32-55/h1-22,27-52H,23-26H2/q+2. The first kappa shape index (κ1) is 48.3. The van der Waals surface area contributed by atoms with Crippen LogP contribution >= 0.6 is 0 Å². The van der Waals surface area contributed by atoms with Crippen LogP contribution in [0.1, 0.15) is 22.3 Å². The third kappa shape index (κ3) is 8.82. The Hall–Kier alpha value is -10.6. The van der Waals surface area contributed by atoms with Gasteiger partial charge in [-0.15, -0.1) is 0 Å². The lowest BCUT2D eigenvalue weighted by molar-refractivity contribution is -0.566. The first-order chi connectivity index (χ1) is 41.1. The van der Waals surface area contributed by atoms with E-state index < -0.39 is 0 Å². The Bertz CT molecular complexity index is 4330. The monoisotopic (exact) mass is 1060 g/mol. The zero-order valence-electron chi connectivity index (χ0n) is 45.7. The summed E-state index contributed by atoms with van der Waals surface area (Å²) in [5.74, 6) is 1.47. The van der Waals surface area contributed by atoms with Gasteiger partial charge in [0, 0.05) is 34.4 Å². The van der Waals surface area contributed by atoms with Gasteiger partial charge < -0.3 is 4.74 Å². The summed E-state index contributed by atoms with van der Waals surface area (Å²) in [6, 6.07) is 103. The summed E-state index contributed by atoms with van der Waals surface area (Å²) in [6.45, 7) is 0. The maximum absolute atomic E-state index is 6.98. The molecule has 5 nitrogen and oxygen atoms in total. The fourth-order valence-corrected chi connectivity index (χ4v) is 12.8. The van der Waals surface area contributed by atoms with E-state index in [1.807, 2.05) is 0 Å². The number of para-hydroxylation sites is 2. The lowest BCUT2D eigenvalue weighted by atomic mass is 9.92. The number of rotatable bonds is 2. The molecular formula is C78H56N4O+2. The molecule has 0 amide bonds. The van der Waals surface area contributed by atoms with E-state index >= 15 is 0 Å². The summed E-state index contributed by atoms with van der Waals surface area (Å²) < 4.78 is 16.5. The molecule has 0 N–H and O–H groups in total. The number of imidazole rings is 2. The van der Waals surface area contributed by atoms with E-state index in [9.17, 15) is 0 Å². The molecular weight excluding hydrogens is 1010 g/mol. The third-order valence-corrected chi connectivity index (χ3v) is 17.1. The first-order valence-corrected chi connectivity index (χ1v) is 28.9. The largest absolute Gasteiger partial charge is 0.457 e. The van der Waals surface area contributed by atoms with Crippen molar-refractivity contribution < 1.29 is 13.9 Å². The maximum Gasteiger partial charge on any atom is 0.255 e. The van der Waals surface area contributed by atoms with Crippen LogP contribution in [0.4, 0.5) is 0 Å². The topological polar surface area (TPSA) is 26.8 Å². The van der Waals surface area contributed by atoms with E-state index in [-0.39, 0.29) is 0 Å². The molecule has 22 bridgehead atoms. The van der Waals surface area contributed by atoms with E-state index in [4.69, 9.17) is 4.74 Å². The van der Waals surface area contributed by atoms with E-state index in [0.717, 1.165) is 138 Å². The van der Waals surface area contributed by atoms with Crippen LogP contribution in [0.5, 0.6) is 11.5 Å². The summed E-state index contributed by atoms with van der Waals surface area (Å²) in [4.78, 5) is 0. The summed E-state index contributed by atoms with van der Waals surface area (Å²) in [7, 11) is 0. The van der Waals surface area contributed by atoms with E-state index in [1.54, 1.807) is 0 Å². The Kier molecular flexibility index (Phi) is 11.7. The Labute approximate surface area is 483 Å². The molecule has 14 aromatic rings. The lowest BCUT2D eigenvalue weighted by Gasteiger charge is -2.15. The van der Waals surface area contributed by atoms with Gasteiger partial charge in [0.15, 0.2) is 22.1 Å². The number of ether oxygens (including phenoxy) is 1. The second kappa shape index (κ2) is 20.2. The predicted octanol–water partition coefficient (Wildman–Crippen LogP) is 18.1. The highest BCUT2D eigenvalue weighted by Crippen LogP contribution is 2.39. The van der Waals surface area contributed by atoms with Crippen molar-refractivity contribution in [3.05, 3.63) is 314 Å². The van der Waals surface area contributed by atoms with Crippen molar-refractivity contribution in [2.45, 2.75) is 25.7 Å². The average molecular weight is 1070 g/mol. The van der Waals surface area contributed by atoms with Gasteiger partial charge in [-0.1, -0.05) is 206 Å². The van der Waals surface area contributed by atoms with Crippen LogP contribution in [-0.2, 0) is 25.7 Å². The fourth-order valence-electron chi connectivity index (χ4n) is 12.8. The van der Waals surface area contributed by atoms with Gasteiger partial charge in [0.2, 0.25) is 0 Å². The molecule has 392 valence electrons. The van der Waals surface area contributed by atoms with Crippen LogP contribution in [0.2, 0.25) is 0 Å².